The van der Waals surface area contributed by atoms with E-state index in [9.17, 15) is 0 Å². The Bertz CT molecular complexity index is 1290. The SMILES string of the molecule is C/C=N\C(=C(/C(C)=C(C)C)C(C)C)N1CCOc2ccc(-c3cnc4nc(C)[nH]c4c3)cc2C1. The summed E-state index contributed by atoms with van der Waals surface area (Å²) in [6.07, 6.45) is 3.79. The smallest absolute Gasteiger partial charge is 0.177 e. The maximum Gasteiger partial charge on any atom is 0.177 e. The maximum atomic E-state index is 6.16. The van der Waals surface area contributed by atoms with Crippen molar-refractivity contribution in [3.05, 3.63) is 64.4 Å². The zero-order valence-corrected chi connectivity index (χ0v) is 21.4. The highest BCUT2D eigenvalue weighted by molar-refractivity contribution is 5.78. The van der Waals surface area contributed by atoms with Crippen LogP contribution < -0.4 is 4.74 Å². The van der Waals surface area contributed by atoms with Crippen LogP contribution >= 0.6 is 0 Å². The first-order chi connectivity index (χ1) is 16.3. The van der Waals surface area contributed by atoms with Crippen LogP contribution in [0.1, 0.15) is 52.9 Å². The number of ether oxygens (including phenoxy) is 1. The highest BCUT2D eigenvalue weighted by atomic mass is 16.5. The average molecular weight is 458 g/mol. The van der Waals surface area contributed by atoms with Gasteiger partial charge in [-0.1, -0.05) is 25.5 Å². The van der Waals surface area contributed by atoms with Crippen molar-refractivity contribution in [2.45, 2.75) is 55.0 Å². The van der Waals surface area contributed by atoms with Crippen LogP contribution in [0.2, 0.25) is 0 Å². The quantitative estimate of drug-likeness (QED) is 0.353. The number of aromatic nitrogens is 3. The summed E-state index contributed by atoms with van der Waals surface area (Å²) in [5.74, 6) is 3.20. The molecule has 0 amide bonds. The molecule has 1 aliphatic heterocycles. The molecule has 0 spiro atoms. The summed E-state index contributed by atoms with van der Waals surface area (Å²) in [6, 6.07) is 8.51. The number of H-pyrrole nitrogens is 1. The number of aromatic amines is 1. The lowest BCUT2D eigenvalue weighted by Crippen LogP contribution is -2.27. The molecule has 1 aromatic carbocycles. The number of hydrogen-bond acceptors (Lipinski definition) is 5. The first-order valence-electron chi connectivity index (χ1n) is 12.0. The summed E-state index contributed by atoms with van der Waals surface area (Å²) < 4.78 is 6.16. The van der Waals surface area contributed by atoms with Gasteiger partial charge in [-0.2, -0.15) is 0 Å². The fraction of sp³-hybridized carbons (Fsp3) is 0.393. The van der Waals surface area contributed by atoms with Crippen LogP contribution in [0.5, 0.6) is 5.75 Å². The molecular formula is C28H35N5O. The Morgan fingerprint density at radius 3 is 2.68 bits per heavy atom. The number of aryl methyl sites for hydroxylation is 1. The molecule has 1 aliphatic rings. The third kappa shape index (κ3) is 4.76. The van der Waals surface area contributed by atoms with Gasteiger partial charge >= 0.3 is 0 Å². The predicted molar refractivity (Wildman–Crippen MR) is 140 cm³/mol. The van der Waals surface area contributed by atoms with Gasteiger partial charge in [0.15, 0.2) is 5.65 Å². The first-order valence-corrected chi connectivity index (χ1v) is 12.0. The van der Waals surface area contributed by atoms with E-state index >= 15 is 0 Å². The molecule has 0 saturated carbocycles. The lowest BCUT2D eigenvalue weighted by atomic mass is 9.92. The van der Waals surface area contributed by atoms with Crippen LogP contribution in [0.15, 0.2) is 58.0 Å². The molecule has 0 fully saturated rings. The average Bonchev–Trinajstić information content (AvgIpc) is 3.04. The van der Waals surface area contributed by atoms with Crippen molar-refractivity contribution >= 4 is 17.4 Å². The zero-order chi connectivity index (χ0) is 24.4. The fourth-order valence-corrected chi connectivity index (χ4v) is 4.50. The number of pyridine rings is 1. The van der Waals surface area contributed by atoms with Crippen LogP contribution in [0.25, 0.3) is 22.3 Å². The van der Waals surface area contributed by atoms with Gasteiger partial charge in [0.2, 0.25) is 0 Å². The maximum absolute atomic E-state index is 6.16. The molecule has 4 rings (SSSR count). The number of benzene rings is 1. The van der Waals surface area contributed by atoms with Gasteiger partial charge < -0.3 is 14.6 Å². The number of nitrogens with zero attached hydrogens (tertiary/aromatic N) is 4. The summed E-state index contributed by atoms with van der Waals surface area (Å²) in [4.78, 5) is 19.5. The van der Waals surface area contributed by atoms with E-state index in [4.69, 9.17) is 9.73 Å². The summed E-state index contributed by atoms with van der Waals surface area (Å²) in [7, 11) is 0. The molecule has 6 heteroatoms. The molecule has 0 radical (unpaired) electrons. The van der Waals surface area contributed by atoms with Crippen molar-refractivity contribution in [2.75, 3.05) is 13.2 Å². The third-order valence-electron chi connectivity index (χ3n) is 6.35. The van der Waals surface area contributed by atoms with Crippen molar-refractivity contribution in [2.24, 2.45) is 10.9 Å². The van der Waals surface area contributed by atoms with E-state index in [1.807, 2.05) is 26.3 Å². The molecule has 0 bridgehead atoms. The van der Waals surface area contributed by atoms with Crippen LogP contribution in [0, 0.1) is 12.8 Å². The molecule has 3 aromatic rings. The highest BCUT2D eigenvalue weighted by Crippen LogP contribution is 2.34. The summed E-state index contributed by atoms with van der Waals surface area (Å²) in [6.45, 7) is 17.1. The van der Waals surface area contributed by atoms with Gasteiger partial charge in [-0.3, -0.25) is 0 Å². The van der Waals surface area contributed by atoms with E-state index in [2.05, 4.69) is 78.7 Å². The van der Waals surface area contributed by atoms with E-state index in [0.29, 0.717) is 12.5 Å². The van der Waals surface area contributed by atoms with E-state index < -0.39 is 0 Å². The molecular weight excluding hydrogens is 422 g/mol. The summed E-state index contributed by atoms with van der Waals surface area (Å²) in [5, 5.41) is 0. The Kier molecular flexibility index (Phi) is 6.87. The predicted octanol–water partition coefficient (Wildman–Crippen LogP) is 6.44. The number of nitrogens with one attached hydrogen (secondary N) is 1. The summed E-state index contributed by atoms with van der Waals surface area (Å²) in [5.41, 5.74) is 8.93. The molecule has 2 aromatic heterocycles. The molecule has 3 heterocycles. The number of fused-ring (bicyclic) bond motifs is 2. The van der Waals surface area contributed by atoms with Gasteiger partial charge in [0.25, 0.3) is 0 Å². The number of imidazole rings is 1. The van der Waals surface area contributed by atoms with Crippen molar-refractivity contribution in [1.29, 1.82) is 0 Å². The number of hydrogen-bond donors (Lipinski definition) is 1. The molecule has 6 nitrogen and oxygen atoms in total. The third-order valence-corrected chi connectivity index (χ3v) is 6.35. The zero-order valence-electron chi connectivity index (χ0n) is 21.4. The molecule has 34 heavy (non-hydrogen) atoms. The van der Waals surface area contributed by atoms with Gasteiger partial charge in [0, 0.05) is 35.7 Å². The Morgan fingerprint density at radius 2 is 1.97 bits per heavy atom. The van der Waals surface area contributed by atoms with Gasteiger partial charge in [0.05, 0.1) is 12.1 Å². The van der Waals surface area contributed by atoms with Crippen LogP contribution in [-0.2, 0) is 6.54 Å². The Labute approximate surface area is 202 Å². The lowest BCUT2D eigenvalue weighted by molar-refractivity contribution is 0.260. The fourth-order valence-electron chi connectivity index (χ4n) is 4.50. The largest absolute Gasteiger partial charge is 0.491 e. The molecule has 0 saturated heterocycles. The molecule has 0 atom stereocenters. The van der Waals surface area contributed by atoms with Gasteiger partial charge in [-0.25, -0.2) is 15.0 Å². The second kappa shape index (κ2) is 9.84. The molecule has 0 unspecified atom stereocenters. The minimum absolute atomic E-state index is 0.360. The first kappa shape index (κ1) is 23.7. The van der Waals surface area contributed by atoms with Crippen molar-refractivity contribution in [3.63, 3.8) is 0 Å². The van der Waals surface area contributed by atoms with Crippen molar-refractivity contribution in [1.82, 2.24) is 19.9 Å². The highest BCUT2D eigenvalue weighted by Gasteiger charge is 2.23. The normalized spacial score (nSPS) is 14.8. The van der Waals surface area contributed by atoms with Gasteiger partial charge in [0.1, 0.15) is 24.0 Å². The minimum atomic E-state index is 0.360. The van der Waals surface area contributed by atoms with Crippen LogP contribution in [0.4, 0.5) is 0 Å². The van der Waals surface area contributed by atoms with Crippen molar-refractivity contribution < 1.29 is 4.74 Å². The number of rotatable bonds is 5. The minimum Gasteiger partial charge on any atom is -0.491 e. The molecule has 0 aliphatic carbocycles. The van der Waals surface area contributed by atoms with Gasteiger partial charge in [-0.05, 0) is 69.9 Å². The number of allylic oxidation sites excluding steroid dienone is 3. The second-order valence-electron chi connectivity index (χ2n) is 9.41. The van der Waals surface area contributed by atoms with E-state index in [-0.39, 0.29) is 0 Å². The van der Waals surface area contributed by atoms with E-state index in [1.165, 1.54) is 16.7 Å². The van der Waals surface area contributed by atoms with Gasteiger partial charge in [-0.15, -0.1) is 0 Å². The Balaban J connectivity index is 1.76. The molecule has 1 N–H and O–H groups in total. The van der Waals surface area contributed by atoms with Crippen LogP contribution in [-0.4, -0.2) is 39.2 Å². The Morgan fingerprint density at radius 1 is 1.18 bits per heavy atom. The molecule has 178 valence electrons. The number of aliphatic imine (C=N–C) groups is 1. The van der Waals surface area contributed by atoms with Crippen LogP contribution in [0.3, 0.4) is 0 Å². The summed E-state index contributed by atoms with van der Waals surface area (Å²) >= 11 is 0. The van der Waals surface area contributed by atoms with Crippen molar-refractivity contribution in [3.8, 4) is 16.9 Å². The standard InChI is InChI=1S/C28H35N5O/c1-8-29-28(26(18(4)5)19(6)17(2)3)33-11-12-34-25-10-9-21(13-23(25)16-33)22-14-24-27(30-15-22)32-20(7)31-24/h8-10,13-15,18H,11-12,16H2,1-7H3,(H,30,31,32)/b28-26+,29-8-. The second-order valence-corrected chi connectivity index (χ2v) is 9.41. The lowest BCUT2D eigenvalue weighted by Gasteiger charge is -2.28. The van der Waals surface area contributed by atoms with E-state index in [1.54, 1.807) is 0 Å². The van der Waals surface area contributed by atoms with E-state index in [0.717, 1.165) is 58.3 Å². The topological polar surface area (TPSA) is 66.4 Å². The Hall–Kier alpha value is -3.41. The monoisotopic (exact) mass is 457 g/mol.